The van der Waals surface area contributed by atoms with Crippen molar-refractivity contribution in [2.45, 2.75) is 6.04 Å². The van der Waals surface area contributed by atoms with Crippen LogP contribution in [-0.2, 0) is 4.79 Å². The average Bonchev–Trinajstić information content (AvgIpc) is 3.29. The Morgan fingerprint density at radius 2 is 1.65 bits per heavy atom. The summed E-state index contributed by atoms with van der Waals surface area (Å²) in [5, 5.41) is 3.22. The van der Waals surface area contributed by atoms with Gasteiger partial charge in [-0.25, -0.2) is 0 Å². The van der Waals surface area contributed by atoms with E-state index in [9.17, 15) is 4.79 Å². The van der Waals surface area contributed by atoms with Crippen molar-refractivity contribution in [1.29, 1.82) is 0 Å². The zero-order chi connectivity index (χ0) is 21.5. The molecule has 1 atom stereocenters. The molecule has 1 fully saturated rings. The topological polar surface area (TPSA) is 35.6 Å². The van der Waals surface area contributed by atoms with Gasteiger partial charge in [-0.1, -0.05) is 60.7 Å². The largest absolute Gasteiger partial charge is 0.344 e. The fourth-order valence-corrected chi connectivity index (χ4v) is 4.70. The summed E-state index contributed by atoms with van der Waals surface area (Å²) in [4.78, 5) is 19.8. The molecule has 1 N–H and O–H groups in total. The highest BCUT2D eigenvalue weighted by Gasteiger charge is 2.20. The van der Waals surface area contributed by atoms with Crippen LogP contribution in [0.25, 0.3) is 16.5 Å². The number of thiophene rings is 1. The molecule has 2 aromatic carbocycles. The summed E-state index contributed by atoms with van der Waals surface area (Å²) >= 11 is 1.69. The lowest BCUT2D eigenvalue weighted by atomic mass is 10.1. The first-order valence-corrected chi connectivity index (χ1v) is 11.6. The van der Waals surface area contributed by atoms with Crippen molar-refractivity contribution in [2.24, 2.45) is 0 Å². The van der Waals surface area contributed by atoms with E-state index >= 15 is 0 Å². The predicted molar refractivity (Wildman–Crippen MR) is 130 cm³/mol. The van der Waals surface area contributed by atoms with Gasteiger partial charge in [-0.3, -0.25) is 9.69 Å². The van der Waals surface area contributed by atoms with Crippen molar-refractivity contribution < 1.29 is 4.79 Å². The van der Waals surface area contributed by atoms with Gasteiger partial charge in [0.1, 0.15) is 0 Å². The maximum Gasteiger partial charge on any atom is 0.244 e. The molecular formula is C26H29N3OS. The van der Waals surface area contributed by atoms with Crippen molar-refractivity contribution in [2.75, 3.05) is 39.8 Å². The van der Waals surface area contributed by atoms with Gasteiger partial charge in [-0.2, -0.15) is 0 Å². The van der Waals surface area contributed by atoms with Gasteiger partial charge in [0.2, 0.25) is 5.91 Å². The van der Waals surface area contributed by atoms with E-state index in [1.165, 1.54) is 10.4 Å². The summed E-state index contributed by atoms with van der Waals surface area (Å²) in [6.07, 6.45) is 3.56. The average molecular weight is 432 g/mol. The summed E-state index contributed by atoms with van der Waals surface area (Å²) in [6, 6.07) is 24.7. The second-order valence-electron chi connectivity index (χ2n) is 7.98. The molecule has 3 aromatic rings. The van der Waals surface area contributed by atoms with Gasteiger partial charge < -0.3 is 10.2 Å². The first-order chi connectivity index (χ1) is 15.2. The molecule has 0 spiro atoms. The van der Waals surface area contributed by atoms with Crippen molar-refractivity contribution in [3.05, 3.63) is 89.3 Å². The number of carbonyl (C=O) groups is 1. The number of benzene rings is 2. The van der Waals surface area contributed by atoms with Gasteiger partial charge in [-0.05, 0) is 36.4 Å². The summed E-state index contributed by atoms with van der Waals surface area (Å²) in [5.41, 5.74) is 2.35. The lowest BCUT2D eigenvalue weighted by Gasteiger charge is -2.34. The van der Waals surface area contributed by atoms with Gasteiger partial charge >= 0.3 is 0 Å². The van der Waals surface area contributed by atoms with E-state index in [-0.39, 0.29) is 11.9 Å². The van der Waals surface area contributed by atoms with Crippen LogP contribution in [-0.4, -0.2) is 55.5 Å². The molecule has 5 heteroatoms. The fourth-order valence-electron chi connectivity index (χ4n) is 3.79. The highest BCUT2D eigenvalue weighted by atomic mass is 32.1. The minimum atomic E-state index is -0.0577. The van der Waals surface area contributed by atoms with E-state index in [4.69, 9.17) is 0 Å². The molecule has 2 heterocycles. The highest BCUT2D eigenvalue weighted by Crippen LogP contribution is 2.28. The molecule has 1 amide bonds. The van der Waals surface area contributed by atoms with Crippen LogP contribution >= 0.6 is 11.3 Å². The SMILES string of the molecule is CN1CCN(CC(NC(=O)/C=C/c2ccc(-c3ccccc3)s2)c2ccccc2)CC1. The summed E-state index contributed by atoms with van der Waals surface area (Å²) in [7, 11) is 2.16. The quantitative estimate of drug-likeness (QED) is 0.558. The smallest absolute Gasteiger partial charge is 0.244 e. The minimum Gasteiger partial charge on any atom is -0.344 e. The standard InChI is InChI=1S/C26H29N3OS/c1-28-16-18-29(19-17-28)20-24(21-8-4-2-5-9-21)27-26(30)15-13-23-12-14-25(31-23)22-10-6-3-7-11-22/h2-15,24H,16-20H2,1H3,(H,27,30)/b15-13+. The monoisotopic (exact) mass is 431 g/mol. The van der Waals surface area contributed by atoms with Crippen LogP contribution < -0.4 is 5.32 Å². The number of amides is 1. The third kappa shape index (κ3) is 6.14. The highest BCUT2D eigenvalue weighted by molar-refractivity contribution is 7.16. The van der Waals surface area contributed by atoms with Crippen LogP contribution in [0.1, 0.15) is 16.5 Å². The van der Waals surface area contributed by atoms with Crippen molar-refractivity contribution >= 4 is 23.3 Å². The van der Waals surface area contributed by atoms with Crippen LogP contribution in [0, 0.1) is 0 Å². The number of piperazine rings is 1. The number of hydrogen-bond donors (Lipinski definition) is 1. The molecule has 4 rings (SSSR count). The zero-order valence-electron chi connectivity index (χ0n) is 17.9. The molecule has 0 saturated carbocycles. The molecular weight excluding hydrogens is 402 g/mol. The van der Waals surface area contributed by atoms with Gasteiger partial charge in [-0.15, -0.1) is 11.3 Å². The predicted octanol–water partition coefficient (Wildman–Crippen LogP) is 4.53. The Hall–Kier alpha value is -2.73. The Kier molecular flexibility index (Phi) is 7.30. The van der Waals surface area contributed by atoms with Crippen LogP contribution in [0.2, 0.25) is 0 Å². The number of carbonyl (C=O) groups excluding carboxylic acids is 1. The third-order valence-corrected chi connectivity index (χ3v) is 6.74. The number of nitrogens with zero attached hydrogens (tertiary/aromatic N) is 2. The van der Waals surface area contributed by atoms with Gasteiger partial charge in [0.25, 0.3) is 0 Å². The van der Waals surface area contributed by atoms with Gasteiger partial charge in [0, 0.05) is 48.6 Å². The molecule has 1 aliphatic rings. The number of nitrogens with one attached hydrogen (secondary N) is 1. The Morgan fingerprint density at radius 3 is 2.35 bits per heavy atom. The molecule has 1 aliphatic heterocycles. The Bertz CT molecular complexity index is 992. The lowest BCUT2D eigenvalue weighted by molar-refractivity contribution is -0.117. The first kappa shape index (κ1) is 21.5. The number of rotatable bonds is 7. The second-order valence-corrected chi connectivity index (χ2v) is 9.09. The molecule has 1 unspecified atom stereocenters. The van der Waals surface area contributed by atoms with E-state index in [1.54, 1.807) is 17.4 Å². The molecule has 1 saturated heterocycles. The first-order valence-electron chi connectivity index (χ1n) is 10.8. The molecule has 31 heavy (non-hydrogen) atoms. The lowest BCUT2D eigenvalue weighted by Crippen LogP contribution is -2.47. The Balaban J connectivity index is 1.40. The van der Waals surface area contributed by atoms with E-state index in [0.29, 0.717) is 0 Å². The van der Waals surface area contributed by atoms with Gasteiger partial charge in [0.15, 0.2) is 0 Å². The van der Waals surface area contributed by atoms with Crippen molar-refractivity contribution in [3.63, 3.8) is 0 Å². The number of likely N-dealkylation sites (N-methyl/N-ethyl adjacent to an activating group) is 1. The second kappa shape index (κ2) is 10.5. The van der Waals surface area contributed by atoms with Crippen LogP contribution in [0.5, 0.6) is 0 Å². The van der Waals surface area contributed by atoms with Crippen LogP contribution in [0.4, 0.5) is 0 Å². The summed E-state index contributed by atoms with van der Waals surface area (Å²) < 4.78 is 0. The third-order valence-electron chi connectivity index (χ3n) is 5.64. The van der Waals surface area contributed by atoms with Crippen molar-refractivity contribution in [1.82, 2.24) is 15.1 Å². The molecule has 1 aromatic heterocycles. The molecule has 160 valence electrons. The summed E-state index contributed by atoms with van der Waals surface area (Å²) in [6.45, 7) is 5.02. The minimum absolute atomic E-state index is 0.0232. The molecule has 4 nitrogen and oxygen atoms in total. The van der Waals surface area contributed by atoms with E-state index < -0.39 is 0 Å². The van der Waals surface area contributed by atoms with E-state index in [0.717, 1.165) is 43.2 Å². The normalized spacial score (nSPS) is 16.4. The summed E-state index contributed by atoms with van der Waals surface area (Å²) in [5.74, 6) is -0.0577. The van der Waals surface area contributed by atoms with E-state index in [1.807, 2.05) is 42.5 Å². The van der Waals surface area contributed by atoms with E-state index in [2.05, 4.69) is 58.6 Å². The fraction of sp³-hybridized carbons (Fsp3) is 0.269. The number of hydrogen-bond acceptors (Lipinski definition) is 4. The molecule has 0 radical (unpaired) electrons. The van der Waals surface area contributed by atoms with Crippen LogP contribution in [0.15, 0.2) is 78.9 Å². The van der Waals surface area contributed by atoms with Crippen molar-refractivity contribution in [3.8, 4) is 10.4 Å². The molecule has 0 bridgehead atoms. The molecule has 0 aliphatic carbocycles. The van der Waals surface area contributed by atoms with Crippen LogP contribution in [0.3, 0.4) is 0 Å². The maximum atomic E-state index is 12.8. The Morgan fingerprint density at radius 1 is 0.968 bits per heavy atom. The van der Waals surface area contributed by atoms with Gasteiger partial charge in [0.05, 0.1) is 6.04 Å². The Labute approximate surface area is 188 Å². The maximum absolute atomic E-state index is 12.8. The zero-order valence-corrected chi connectivity index (χ0v) is 18.7.